The van der Waals surface area contributed by atoms with Gasteiger partial charge in [0.05, 0.1) is 23.0 Å². The second-order valence-electron chi connectivity index (χ2n) is 10.8. The van der Waals surface area contributed by atoms with Crippen molar-refractivity contribution in [2.45, 2.75) is 33.7 Å². The quantitative estimate of drug-likeness (QED) is 0.293. The summed E-state index contributed by atoms with van der Waals surface area (Å²) in [6.07, 6.45) is 1.77. The van der Waals surface area contributed by atoms with Gasteiger partial charge in [-0.2, -0.15) is 0 Å². The summed E-state index contributed by atoms with van der Waals surface area (Å²) < 4.78 is 14.9. The van der Waals surface area contributed by atoms with Crippen molar-refractivity contribution in [1.29, 1.82) is 0 Å². The summed E-state index contributed by atoms with van der Waals surface area (Å²) in [5.74, 6) is 3.48. The minimum atomic E-state index is -0.207. The lowest BCUT2D eigenvalue weighted by Crippen LogP contribution is -2.82. The third kappa shape index (κ3) is 5.89. The van der Waals surface area contributed by atoms with Crippen molar-refractivity contribution < 1.29 is 19.6 Å². The predicted molar refractivity (Wildman–Crippen MR) is 151 cm³/mol. The molecule has 1 saturated heterocycles. The molecule has 5 rings (SSSR count). The SMILES string of the molecule is Cc1ccc(C([NH2+]c2nsnc2Nc2cccc(C(=O)N3CCN(c4ccccn4)CC3)c2O)C(C)(C)C)o1. The lowest BCUT2D eigenvalue weighted by atomic mass is 9.85. The van der Waals surface area contributed by atoms with E-state index in [2.05, 4.69) is 44.7 Å². The van der Waals surface area contributed by atoms with Crippen LogP contribution >= 0.6 is 11.7 Å². The molecule has 0 bridgehead atoms. The number of nitrogens with zero attached hydrogens (tertiary/aromatic N) is 5. The first kappa shape index (κ1) is 26.6. The Labute approximate surface area is 232 Å². The first-order valence-electron chi connectivity index (χ1n) is 13.0. The van der Waals surface area contributed by atoms with Crippen molar-refractivity contribution in [1.82, 2.24) is 18.6 Å². The summed E-state index contributed by atoms with van der Waals surface area (Å²) in [6, 6.07) is 14.9. The van der Waals surface area contributed by atoms with Crippen LogP contribution in [0.2, 0.25) is 0 Å². The third-order valence-corrected chi connectivity index (χ3v) is 7.44. The molecule has 4 heterocycles. The Hall–Kier alpha value is -3.96. The predicted octanol–water partition coefficient (Wildman–Crippen LogP) is 4.23. The molecule has 1 fully saturated rings. The molecule has 1 aromatic carbocycles. The largest absolute Gasteiger partial charge is 0.505 e. The molecule has 204 valence electrons. The Morgan fingerprint density at radius 3 is 2.54 bits per heavy atom. The number of aromatic nitrogens is 3. The van der Waals surface area contributed by atoms with Crippen molar-refractivity contribution in [3.63, 3.8) is 0 Å². The van der Waals surface area contributed by atoms with Crippen LogP contribution in [0.5, 0.6) is 5.75 Å². The Morgan fingerprint density at radius 2 is 1.87 bits per heavy atom. The van der Waals surface area contributed by atoms with Gasteiger partial charge in [0, 0.05) is 37.8 Å². The number of quaternary nitrogens is 1. The maximum atomic E-state index is 13.4. The van der Waals surface area contributed by atoms with Gasteiger partial charge in [0.1, 0.15) is 11.6 Å². The molecule has 1 atom stereocenters. The standard InChI is InChI=1S/C28H33N7O3S/c1-18-11-12-21(38-18)24(28(2,3)4)31-26-25(32-39-33-26)30-20-9-7-8-19(23(20)36)27(37)35-16-14-34(15-17-35)22-10-5-6-13-29-22/h5-13,24,36H,14-17H2,1-4H3,(H,30,32)(H,31,33)/p+1. The number of para-hydroxylation sites is 1. The van der Waals surface area contributed by atoms with Crippen molar-refractivity contribution >= 4 is 40.8 Å². The number of aromatic hydroxyl groups is 1. The zero-order valence-electron chi connectivity index (χ0n) is 22.6. The molecule has 0 radical (unpaired) electrons. The van der Waals surface area contributed by atoms with E-state index in [4.69, 9.17) is 4.42 Å². The number of furan rings is 1. The van der Waals surface area contributed by atoms with Crippen LogP contribution in [0.3, 0.4) is 0 Å². The van der Waals surface area contributed by atoms with Crippen molar-refractivity contribution in [3.05, 3.63) is 71.8 Å². The normalized spacial score (nSPS) is 14.9. The number of hydrogen-bond donors (Lipinski definition) is 3. The number of phenolic OH excluding ortho intramolecular Hbond substituents is 1. The van der Waals surface area contributed by atoms with E-state index in [0.29, 0.717) is 43.5 Å². The average Bonchev–Trinajstić information content (AvgIpc) is 3.56. The van der Waals surface area contributed by atoms with E-state index >= 15 is 0 Å². The number of anilines is 3. The van der Waals surface area contributed by atoms with Gasteiger partial charge in [-0.05, 0) is 43.3 Å². The molecule has 39 heavy (non-hydrogen) atoms. The topological polar surface area (TPSA) is 124 Å². The van der Waals surface area contributed by atoms with E-state index in [0.717, 1.165) is 29.1 Å². The van der Waals surface area contributed by atoms with E-state index in [1.54, 1.807) is 29.3 Å². The van der Waals surface area contributed by atoms with Gasteiger partial charge < -0.3 is 24.6 Å². The van der Waals surface area contributed by atoms with Crippen LogP contribution in [-0.2, 0) is 0 Å². The Morgan fingerprint density at radius 1 is 1.08 bits per heavy atom. The number of nitrogens with one attached hydrogen (secondary N) is 1. The maximum Gasteiger partial charge on any atom is 0.281 e. The third-order valence-electron chi connectivity index (χ3n) is 6.90. The zero-order valence-corrected chi connectivity index (χ0v) is 23.4. The van der Waals surface area contributed by atoms with E-state index in [1.165, 1.54) is 0 Å². The molecule has 4 N–H and O–H groups in total. The number of piperazine rings is 1. The molecule has 0 aliphatic carbocycles. The Bertz CT molecular complexity index is 1420. The molecule has 3 aromatic heterocycles. The summed E-state index contributed by atoms with van der Waals surface area (Å²) in [6.45, 7) is 10.8. The number of pyridine rings is 1. The molecule has 1 unspecified atom stereocenters. The summed E-state index contributed by atoms with van der Waals surface area (Å²) in [4.78, 5) is 21.7. The second kappa shape index (κ2) is 11.0. The number of benzene rings is 1. The summed E-state index contributed by atoms with van der Waals surface area (Å²) >= 11 is 1.08. The summed E-state index contributed by atoms with van der Waals surface area (Å²) in [7, 11) is 0. The smallest absolute Gasteiger partial charge is 0.281 e. The number of carbonyl (C=O) groups is 1. The molecule has 4 aromatic rings. The summed E-state index contributed by atoms with van der Waals surface area (Å²) in [5.41, 5.74) is 0.523. The van der Waals surface area contributed by atoms with Crippen LogP contribution in [-0.4, -0.2) is 55.8 Å². The van der Waals surface area contributed by atoms with Crippen LogP contribution in [0.4, 0.5) is 23.1 Å². The molecular weight excluding hydrogens is 514 g/mol. The van der Waals surface area contributed by atoms with Gasteiger partial charge in [0.25, 0.3) is 11.7 Å². The molecule has 1 amide bonds. The molecule has 1 aliphatic heterocycles. The minimum Gasteiger partial charge on any atom is -0.505 e. The van der Waals surface area contributed by atoms with Crippen LogP contribution in [0.1, 0.15) is 48.7 Å². The molecular formula is C28H34N7O3S+. The highest BCUT2D eigenvalue weighted by atomic mass is 32.1. The number of hydrogen-bond acceptors (Lipinski definition) is 9. The van der Waals surface area contributed by atoms with Gasteiger partial charge in [0.15, 0.2) is 17.6 Å². The maximum absolute atomic E-state index is 13.4. The van der Waals surface area contributed by atoms with Gasteiger partial charge >= 0.3 is 0 Å². The first-order valence-corrected chi connectivity index (χ1v) is 13.7. The molecule has 1 aliphatic rings. The van der Waals surface area contributed by atoms with Gasteiger partial charge in [-0.1, -0.05) is 32.9 Å². The van der Waals surface area contributed by atoms with Crippen molar-refractivity contribution in [2.24, 2.45) is 5.41 Å². The van der Waals surface area contributed by atoms with Crippen molar-refractivity contribution in [2.75, 3.05) is 36.4 Å². The lowest BCUT2D eigenvalue weighted by Gasteiger charge is -2.35. The summed E-state index contributed by atoms with van der Waals surface area (Å²) in [5, 5.41) is 16.3. The number of phenols is 1. The number of amides is 1. The fourth-order valence-corrected chi connectivity index (χ4v) is 5.22. The van der Waals surface area contributed by atoms with E-state index in [-0.39, 0.29) is 28.7 Å². The van der Waals surface area contributed by atoms with Crippen LogP contribution in [0, 0.1) is 12.3 Å². The Balaban J connectivity index is 1.30. The fraction of sp³-hybridized carbons (Fsp3) is 0.357. The first-order chi connectivity index (χ1) is 18.7. The van der Waals surface area contributed by atoms with Gasteiger partial charge in [0.2, 0.25) is 5.82 Å². The molecule has 0 saturated carbocycles. The Kier molecular flexibility index (Phi) is 7.53. The number of carbonyl (C=O) groups excluding carboxylic acids is 1. The van der Waals surface area contributed by atoms with Gasteiger partial charge in [-0.25, -0.2) is 4.98 Å². The number of aryl methyl sites for hydroxylation is 1. The van der Waals surface area contributed by atoms with E-state index in [1.807, 2.05) is 42.6 Å². The molecule has 0 spiro atoms. The van der Waals surface area contributed by atoms with Gasteiger partial charge in [-0.15, -0.1) is 8.75 Å². The number of nitrogens with two attached hydrogens (primary N) is 1. The van der Waals surface area contributed by atoms with E-state index < -0.39 is 0 Å². The number of rotatable bonds is 7. The van der Waals surface area contributed by atoms with E-state index in [9.17, 15) is 9.90 Å². The highest BCUT2D eigenvalue weighted by Crippen LogP contribution is 2.34. The van der Waals surface area contributed by atoms with Crippen LogP contribution < -0.4 is 15.5 Å². The van der Waals surface area contributed by atoms with Crippen LogP contribution in [0.25, 0.3) is 0 Å². The van der Waals surface area contributed by atoms with Gasteiger partial charge in [-0.3, -0.25) is 10.1 Å². The fourth-order valence-electron chi connectivity index (χ4n) is 4.72. The highest BCUT2D eigenvalue weighted by molar-refractivity contribution is 6.99. The monoisotopic (exact) mass is 548 g/mol. The molecule has 11 heteroatoms. The minimum absolute atomic E-state index is 0.0399. The molecule has 10 nitrogen and oxygen atoms in total. The van der Waals surface area contributed by atoms with Crippen molar-refractivity contribution in [3.8, 4) is 5.75 Å². The average molecular weight is 549 g/mol. The van der Waals surface area contributed by atoms with Crippen LogP contribution in [0.15, 0.2) is 59.1 Å². The second-order valence-corrected chi connectivity index (χ2v) is 11.3. The highest BCUT2D eigenvalue weighted by Gasteiger charge is 2.35. The lowest BCUT2D eigenvalue weighted by molar-refractivity contribution is -0.637. The zero-order chi connectivity index (χ0) is 27.6.